The Morgan fingerprint density at radius 3 is 2.94 bits per heavy atom. The summed E-state index contributed by atoms with van der Waals surface area (Å²) >= 11 is 9.37. The zero-order valence-electron chi connectivity index (χ0n) is 8.32. The molecule has 0 saturated heterocycles. The maximum atomic E-state index is 10.0. The molecule has 84 valence electrons. The van der Waals surface area contributed by atoms with E-state index in [0.717, 1.165) is 10.3 Å². The van der Waals surface area contributed by atoms with E-state index < -0.39 is 6.10 Å². The smallest absolute Gasteiger partial charge is 0.108 e. The second-order valence-corrected chi connectivity index (χ2v) is 4.74. The van der Waals surface area contributed by atoms with Gasteiger partial charge in [-0.1, -0.05) is 33.6 Å². The quantitative estimate of drug-likeness (QED) is 0.915. The largest absolute Gasteiger partial charge is 0.388 e. The summed E-state index contributed by atoms with van der Waals surface area (Å²) < 4.78 is 0.895. The van der Waals surface area contributed by atoms with E-state index in [1.807, 2.05) is 6.07 Å². The summed E-state index contributed by atoms with van der Waals surface area (Å²) in [7, 11) is 0. The summed E-state index contributed by atoms with van der Waals surface area (Å²) in [5.41, 5.74) is 0.710. The molecule has 0 aliphatic heterocycles. The lowest BCUT2D eigenvalue weighted by atomic mass is 10.1. The second kappa shape index (κ2) is 4.99. The van der Waals surface area contributed by atoms with Gasteiger partial charge in [0.05, 0.1) is 6.10 Å². The van der Waals surface area contributed by atoms with E-state index in [9.17, 15) is 5.11 Å². The van der Waals surface area contributed by atoms with Crippen LogP contribution in [0.1, 0.15) is 17.5 Å². The normalized spacial score (nSPS) is 12.7. The van der Waals surface area contributed by atoms with Crippen LogP contribution in [0, 0.1) is 0 Å². The number of aromatic amines is 1. The molecule has 0 saturated carbocycles. The molecule has 0 aliphatic carbocycles. The van der Waals surface area contributed by atoms with E-state index in [1.165, 1.54) is 0 Å². The number of rotatable bonds is 3. The third-order valence-corrected chi connectivity index (χ3v) is 3.08. The number of hydrogen-bond acceptors (Lipinski definition) is 2. The minimum atomic E-state index is -0.647. The molecule has 1 aromatic heterocycles. The molecule has 5 heteroatoms. The molecular weight excluding hydrogens is 291 g/mol. The van der Waals surface area contributed by atoms with Gasteiger partial charge in [-0.05, 0) is 17.7 Å². The zero-order valence-corrected chi connectivity index (χ0v) is 10.7. The maximum Gasteiger partial charge on any atom is 0.108 e. The Bertz CT molecular complexity index is 473. The van der Waals surface area contributed by atoms with Crippen LogP contribution in [0.2, 0.25) is 5.02 Å². The monoisotopic (exact) mass is 300 g/mol. The fourth-order valence-electron chi connectivity index (χ4n) is 1.47. The Morgan fingerprint density at radius 1 is 1.50 bits per heavy atom. The summed E-state index contributed by atoms with van der Waals surface area (Å²) in [5, 5.41) is 10.6. The van der Waals surface area contributed by atoms with Crippen LogP contribution < -0.4 is 0 Å². The summed E-state index contributed by atoms with van der Waals surface area (Å²) in [5.74, 6) is 0.742. The highest BCUT2D eigenvalue weighted by molar-refractivity contribution is 9.10. The molecule has 0 amide bonds. The summed E-state index contributed by atoms with van der Waals surface area (Å²) in [6, 6.07) is 5.43. The number of nitrogens with zero attached hydrogens (tertiary/aromatic N) is 1. The van der Waals surface area contributed by atoms with E-state index >= 15 is 0 Å². The van der Waals surface area contributed by atoms with Crippen molar-refractivity contribution < 1.29 is 5.11 Å². The molecule has 0 bridgehead atoms. The molecule has 16 heavy (non-hydrogen) atoms. The van der Waals surface area contributed by atoms with Crippen LogP contribution in [0.25, 0.3) is 0 Å². The van der Waals surface area contributed by atoms with Crippen molar-refractivity contribution >= 4 is 27.5 Å². The molecule has 2 aromatic rings. The van der Waals surface area contributed by atoms with Gasteiger partial charge >= 0.3 is 0 Å². The van der Waals surface area contributed by atoms with Crippen LogP contribution in [0.5, 0.6) is 0 Å². The van der Waals surface area contributed by atoms with Gasteiger partial charge in [-0.15, -0.1) is 0 Å². The highest BCUT2D eigenvalue weighted by Gasteiger charge is 2.13. The first-order chi connectivity index (χ1) is 7.66. The van der Waals surface area contributed by atoms with Crippen LogP contribution in [0.3, 0.4) is 0 Å². The second-order valence-electron chi connectivity index (χ2n) is 3.42. The fraction of sp³-hybridized carbons (Fsp3) is 0.182. The van der Waals surface area contributed by atoms with Crippen molar-refractivity contribution in [1.29, 1.82) is 0 Å². The van der Waals surface area contributed by atoms with Gasteiger partial charge in [0.2, 0.25) is 0 Å². The molecule has 0 aliphatic rings. The number of aromatic nitrogens is 2. The van der Waals surface area contributed by atoms with Crippen molar-refractivity contribution in [3.05, 3.63) is 51.5 Å². The fourth-order valence-corrected chi connectivity index (χ4v) is 2.27. The Kier molecular flexibility index (Phi) is 3.63. The van der Waals surface area contributed by atoms with Crippen LogP contribution in [-0.2, 0) is 6.42 Å². The van der Waals surface area contributed by atoms with Crippen LogP contribution in [0.4, 0.5) is 0 Å². The molecule has 2 N–H and O–H groups in total. The maximum absolute atomic E-state index is 10.0. The predicted octanol–water partition coefficient (Wildman–Crippen LogP) is 3.10. The van der Waals surface area contributed by atoms with E-state index in [4.69, 9.17) is 11.6 Å². The lowest BCUT2D eigenvalue weighted by molar-refractivity contribution is 0.176. The molecule has 1 atom stereocenters. The summed E-state index contributed by atoms with van der Waals surface area (Å²) in [6.07, 6.45) is 3.16. The molecular formula is C11H10BrClN2O. The van der Waals surface area contributed by atoms with Crippen molar-refractivity contribution in [1.82, 2.24) is 9.97 Å². The predicted molar refractivity (Wildman–Crippen MR) is 66.4 cm³/mol. The Morgan fingerprint density at radius 2 is 2.31 bits per heavy atom. The minimum Gasteiger partial charge on any atom is -0.388 e. The molecule has 0 spiro atoms. The number of imidazole rings is 1. The number of aliphatic hydroxyl groups is 1. The van der Waals surface area contributed by atoms with E-state index in [0.29, 0.717) is 17.0 Å². The van der Waals surface area contributed by atoms with Gasteiger partial charge < -0.3 is 10.1 Å². The highest BCUT2D eigenvalue weighted by Crippen LogP contribution is 2.27. The van der Waals surface area contributed by atoms with Crippen LogP contribution in [0.15, 0.2) is 35.1 Å². The lowest BCUT2D eigenvalue weighted by Crippen LogP contribution is -2.03. The van der Waals surface area contributed by atoms with E-state index in [-0.39, 0.29) is 0 Å². The zero-order chi connectivity index (χ0) is 11.5. The lowest BCUT2D eigenvalue weighted by Gasteiger charge is -2.11. The number of H-pyrrole nitrogens is 1. The molecule has 2 rings (SSSR count). The topological polar surface area (TPSA) is 48.9 Å². The third-order valence-electron chi connectivity index (χ3n) is 2.26. The van der Waals surface area contributed by atoms with Crippen molar-refractivity contribution in [2.45, 2.75) is 12.5 Å². The number of benzene rings is 1. The Labute approximate surface area is 107 Å². The van der Waals surface area contributed by atoms with Crippen molar-refractivity contribution in [3.63, 3.8) is 0 Å². The molecule has 0 fully saturated rings. The van der Waals surface area contributed by atoms with E-state index in [2.05, 4.69) is 25.9 Å². The van der Waals surface area contributed by atoms with Gasteiger partial charge in [0.1, 0.15) is 5.82 Å². The molecule has 0 radical (unpaired) electrons. The van der Waals surface area contributed by atoms with Gasteiger partial charge in [-0.3, -0.25) is 0 Å². The number of aliphatic hydroxyl groups excluding tert-OH is 1. The summed E-state index contributed by atoms with van der Waals surface area (Å²) in [4.78, 5) is 7.01. The van der Waals surface area contributed by atoms with Gasteiger partial charge in [-0.25, -0.2) is 4.98 Å². The van der Waals surface area contributed by atoms with Gasteiger partial charge in [0.25, 0.3) is 0 Å². The van der Waals surface area contributed by atoms with Crippen LogP contribution in [-0.4, -0.2) is 15.1 Å². The third kappa shape index (κ3) is 2.64. The average molecular weight is 302 g/mol. The first-order valence-electron chi connectivity index (χ1n) is 4.78. The first-order valence-corrected chi connectivity index (χ1v) is 5.95. The SMILES string of the molecule is OC(Cc1ncc[nH]1)c1ccc(Br)cc1Cl. The molecule has 1 heterocycles. The minimum absolute atomic E-state index is 0.425. The van der Waals surface area contributed by atoms with Crippen LogP contribution >= 0.6 is 27.5 Å². The molecule has 1 unspecified atom stereocenters. The van der Waals surface area contributed by atoms with Gasteiger partial charge in [0, 0.05) is 28.3 Å². The van der Waals surface area contributed by atoms with Crippen molar-refractivity contribution in [2.24, 2.45) is 0 Å². The first kappa shape index (κ1) is 11.6. The van der Waals surface area contributed by atoms with E-state index in [1.54, 1.807) is 24.5 Å². The molecule has 1 aromatic carbocycles. The van der Waals surface area contributed by atoms with Gasteiger partial charge in [0.15, 0.2) is 0 Å². The van der Waals surface area contributed by atoms with Crippen molar-refractivity contribution in [2.75, 3.05) is 0 Å². The number of hydrogen-bond donors (Lipinski definition) is 2. The van der Waals surface area contributed by atoms with Gasteiger partial charge in [-0.2, -0.15) is 0 Å². The molecule has 3 nitrogen and oxygen atoms in total. The summed E-state index contributed by atoms with van der Waals surface area (Å²) in [6.45, 7) is 0. The number of nitrogens with one attached hydrogen (secondary N) is 1. The average Bonchev–Trinajstić information content (AvgIpc) is 2.70. The Balaban J connectivity index is 2.17. The highest BCUT2D eigenvalue weighted by atomic mass is 79.9. The van der Waals surface area contributed by atoms with Crippen molar-refractivity contribution in [3.8, 4) is 0 Å². The standard InChI is InChI=1S/C11H10BrClN2O/c12-7-1-2-8(9(13)5-7)10(16)6-11-14-3-4-15-11/h1-5,10,16H,6H2,(H,14,15). The number of halogens is 2. The Hall–Kier alpha value is -0.840.